The summed E-state index contributed by atoms with van der Waals surface area (Å²) in [4.78, 5) is 38.7. The van der Waals surface area contributed by atoms with Crippen LogP contribution in [0.4, 0.5) is 0 Å². The number of hydrogen-bond donors (Lipinski definition) is 2. The summed E-state index contributed by atoms with van der Waals surface area (Å²) in [6, 6.07) is 7.10. The van der Waals surface area contributed by atoms with Crippen LogP contribution in [0.25, 0.3) is 0 Å². The van der Waals surface area contributed by atoms with Crippen LogP contribution in [0, 0.1) is 0 Å². The summed E-state index contributed by atoms with van der Waals surface area (Å²) in [6.45, 7) is 0.923. The number of esters is 1. The first-order chi connectivity index (χ1) is 13.5. The first-order valence-corrected chi connectivity index (χ1v) is 10.9. The molecule has 2 aliphatic heterocycles. The minimum Gasteiger partial charge on any atom is -0.460 e. The Balaban J connectivity index is 1.66. The van der Waals surface area contributed by atoms with E-state index in [1.807, 2.05) is 30.3 Å². The van der Waals surface area contributed by atoms with E-state index in [-0.39, 0.29) is 18.1 Å². The van der Waals surface area contributed by atoms with Crippen LogP contribution in [-0.4, -0.2) is 67.0 Å². The molecule has 0 bridgehead atoms. The lowest BCUT2D eigenvalue weighted by atomic mass is 9.91. The van der Waals surface area contributed by atoms with E-state index in [0.29, 0.717) is 0 Å². The maximum atomic E-state index is 12.7. The average Bonchev–Trinajstić information content (AvgIpc) is 2.63. The fraction of sp³-hybridized carbons (Fsp3) is 0.500. The van der Waals surface area contributed by atoms with Gasteiger partial charge in [0.2, 0.25) is 15.6 Å². The van der Waals surface area contributed by atoms with E-state index in [4.69, 9.17) is 39.5 Å². The van der Waals surface area contributed by atoms with Crippen LogP contribution in [0.15, 0.2) is 30.3 Å². The van der Waals surface area contributed by atoms with Crippen LogP contribution in [0.1, 0.15) is 12.5 Å². The van der Waals surface area contributed by atoms with Gasteiger partial charge in [-0.1, -0.05) is 65.1 Å². The molecule has 2 heterocycles. The van der Waals surface area contributed by atoms with Crippen molar-refractivity contribution in [3.63, 3.8) is 0 Å². The Bertz CT molecular complexity index is 802. The van der Waals surface area contributed by atoms with Gasteiger partial charge in [-0.05, 0) is 12.5 Å². The molecule has 4 atom stereocenters. The van der Waals surface area contributed by atoms with Crippen LogP contribution in [0.3, 0.4) is 0 Å². The number of carbonyl (C=O) groups excluding carboxylic acids is 3. The summed E-state index contributed by atoms with van der Waals surface area (Å²) in [6.07, 6.45) is 0.133. The molecule has 2 aliphatic rings. The number of carbonyl (C=O) groups is 3. The number of nitrogens with one attached hydrogen (secondary N) is 1. The second-order valence-electron chi connectivity index (χ2n) is 7.14. The van der Waals surface area contributed by atoms with Crippen molar-refractivity contribution in [3.05, 3.63) is 35.9 Å². The zero-order valence-corrected chi connectivity index (χ0v) is 18.4. The number of halogens is 3. The molecular weight excluding hydrogens is 463 g/mol. The van der Waals surface area contributed by atoms with E-state index < -0.39 is 45.3 Å². The number of aliphatic hydroxyl groups is 1. The van der Waals surface area contributed by atoms with Gasteiger partial charge < -0.3 is 20.1 Å². The standard InChI is InChI=1S/C18H19Cl3N2O5S/c1-17(27)9-29-15-12(22-11(24)7-10-5-3-2-4-6-10)14(25)23(15)13(17)16(26)28-8-18(19,20)21/h2-6,12-13,15,27H,7-9H2,1H3,(H,22,24)/t12?,13?,15-,17?/m0/s1. The van der Waals surface area contributed by atoms with Crippen molar-refractivity contribution in [1.82, 2.24) is 10.2 Å². The van der Waals surface area contributed by atoms with Crippen molar-refractivity contribution in [3.8, 4) is 0 Å². The number of rotatable bonds is 5. The molecule has 1 aromatic rings. The van der Waals surface area contributed by atoms with Crippen LogP contribution >= 0.6 is 46.6 Å². The summed E-state index contributed by atoms with van der Waals surface area (Å²) in [7, 11) is 0. The number of fused-ring (bicyclic) bond motifs is 1. The lowest BCUT2D eigenvalue weighted by Gasteiger charge is -2.56. The number of hydrogen-bond acceptors (Lipinski definition) is 6. The summed E-state index contributed by atoms with van der Waals surface area (Å²) in [5.74, 6) is -1.48. The van der Waals surface area contributed by atoms with Gasteiger partial charge in [-0.2, -0.15) is 0 Å². The van der Waals surface area contributed by atoms with Crippen LogP contribution in [-0.2, 0) is 25.5 Å². The lowest BCUT2D eigenvalue weighted by molar-refractivity contribution is -0.177. The highest BCUT2D eigenvalue weighted by Gasteiger charge is 2.61. The first kappa shape index (κ1) is 22.5. The van der Waals surface area contributed by atoms with E-state index in [1.165, 1.54) is 23.6 Å². The second-order valence-corrected chi connectivity index (χ2v) is 10.8. The van der Waals surface area contributed by atoms with Gasteiger partial charge in [-0.25, -0.2) is 4.79 Å². The molecule has 2 N–H and O–H groups in total. The molecule has 2 amide bonds. The minimum atomic E-state index is -1.81. The zero-order chi connectivity index (χ0) is 21.4. The summed E-state index contributed by atoms with van der Waals surface area (Å²) < 4.78 is 3.18. The number of alkyl halides is 3. The van der Waals surface area contributed by atoms with E-state index in [2.05, 4.69) is 5.32 Å². The van der Waals surface area contributed by atoms with Gasteiger partial charge in [-0.15, -0.1) is 11.8 Å². The van der Waals surface area contributed by atoms with Crippen LogP contribution < -0.4 is 5.32 Å². The Hall–Kier alpha value is -1.19. The molecule has 158 valence electrons. The zero-order valence-electron chi connectivity index (χ0n) is 15.3. The molecule has 0 radical (unpaired) electrons. The van der Waals surface area contributed by atoms with Gasteiger partial charge in [-0.3, -0.25) is 9.59 Å². The molecule has 3 rings (SSSR count). The van der Waals surface area contributed by atoms with E-state index in [0.717, 1.165) is 5.56 Å². The van der Waals surface area contributed by atoms with Gasteiger partial charge in [0.25, 0.3) is 0 Å². The van der Waals surface area contributed by atoms with Gasteiger partial charge >= 0.3 is 5.97 Å². The second kappa shape index (κ2) is 8.51. The maximum Gasteiger partial charge on any atom is 0.332 e. The molecule has 3 unspecified atom stereocenters. The van der Waals surface area contributed by atoms with Gasteiger partial charge in [0.05, 0.1) is 6.42 Å². The highest BCUT2D eigenvalue weighted by molar-refractivity contribution is 8.00. The molecule has 0 aromatic heterocycles. The minimum absolute atomic E-state index is 0.133. The van der Waals surface area contributed by atoms with Crippen molar-refractivity contribution < 1.29 is 24.2 Å². The summed E-state index contributed by atoms with van der Waals surface area (Å²) in [5, 5.41) is 12.9. The Morgan fingerprint density at radius 1 is 1.34 bits per heavy atom. The molecule has 1 aromatic carbocycles. The topological polar surface area (TPSA) is 95.9 Å². The number of ether oxygens (including phenoxy) is 1. The normalized spacial score (nSPS) is 28.9. The third kappa shape index (κ3) is 5.11. The SMILES string of the molecule is CC1(O)CS[C@H]2C(NC(=O)Cc3ccccc3)C(=O)N2C1C(=O)OCC(Cl)(Cl)Cl. The number of benzene rings is 1. The Morgan fingerprint density at radius 2 is 2.00 bits per heavy atom. The van der Waals surface area contributed by atoms with Crippen molar-refractivity contribution in [2.75, 3.05) is 12.4 Å². The third-order valence-electron chi connectivity index (χ3n) is 4.62. The molecule has 11 heteroatoms. The number of β-lactam (4-membered cyclic amide) rings is 1. The molecule has 0 aliphatic carbocycles. The van der Waals surface area contributed by atoms with Crippen molar-refractivity contribution >= 4 is 64.3 Å². The highest BCUT2D eigenvalue weighted by Crippen LogP contribution is 2.42. The molecule has 2 fully saturated rings. The Morgan fingerprint density at radius 3 is 2.62 bits per heavy atom. The van der Waals surface area contributed by atoms with E-state index in [1.54, 1.807) is 0 Å². The molecule has 7 nitrogen and oxygen atoms in total. The largest absolute Gasteiger partial charge is 0.460 e. The number of thioether (sulfide) groups is 1. The average molecular weight is 482 g/mol. The molecule has 0 saturated carbocycles. The van der Waals surface area contributed by atoms with E-state index in [9.17, 15) is 19.5 Å². The first-order valence-electron chi connectivity index (χ1n) is 8.72. The molecule has 2 saturated heterocycles. The van der Waals surface area contributed by atoms with Crippen molar-refractivity contribution in [2.24, 2.45) is 0 Å². The third-order valence-corrected chi connectivity index (χ3v) is 6.54. The van der Waals surface area contributed by atoms with Crippen LogP contribution in [0.2, 0.25) is 0 Å². The Labute approximate surface area is 187 Å². The molecule has 29 heavy (non-hydrogen) atoms. The predicted molar refractivity (Wildman–Crippen MR) is 111 cm³/mol. The fourth-order valence-corrected chi connectivity index (χ4v) is 4.90. The van der Waals surface area contributed by atoms with Gasteiger partial charge in [0.1, 0.15) is 23.6 Å². The monoisotopic (exact) mass is 480 g/mol. The quantitative estimate of drug-likeness (QED) is 0.377. The van der Waals surface area contributed by atoms with E-state index >= 15 is 0 Å². The van der Waals surface area contributed by atoms with Crippen LogP contribution in [0.5, 0.6) is 0 Å². The maximum absolute atomic E-state index is 12.7. The molecule has 0 spiro atoms. The number of nitrogens with zero attached hydrogens (tertiary/aromatic N) is 1. The van der Waals surface area contributed by atoms with Gasteiger partial charge in [0, 0.05) is 5.75 Å². The summed E-state index contributed by atoms with van der Waals surface area (Å²) in [5.41, 5.74) is -0.707. The number of amides is 2. The van der Waals surface area contributed by atoms with Gasteiger partial charge in [0.15, 0.2) is 6.04 Å². The predicted octanol–water partition coefficient (Wildman–Crippen LogP) is 1.66. The smallest absolute Gasteiger partial charge is 0.332 e. The highest BCUT2D eigenvalue weighted by atomic mass is 35.6. The van der Waals surface area contributed by atoms with Crippen molar-refractivity contribution in [1.29, 1.82) is 0 Å². The van der Waals surface area contributed by atoms with Crippen molar-refractivity contribution in [2.45, 2.75) is 40.2 Å². The Kier molecular flexibility index (Phi) is 6.60. The summed E-state index contributed by atoms with van der Waals surface area (Å²) >= 11 is 18.1. The lowest BCUT2D eigenvalue weighted by Crippen LogP contribution is -2.79. The fourth-order valence-electron chi connectivity index (χ4n) is 3.31. The molecular formula is C18H19Cl3N2O5S.